The highest BCUT2D eigenvalue weighted by atomic mass is 16.6. The number of aliphatic hydroxyl groups is 1. The number of ether oxygens (including phenoxy) is 1. The molecular formula is C11H15NO3. The molecule has 0 heterocycles. The largest absolute Gasteiger partial charge is 0.412 e. The Morgan fingerprint density at radius 3 is 3.00 bits per heavy atom. The molecule has 0 saturated heterocycles. The highest BCUT2D eigenvalue weighted by Crippen LogP contribution is 2.13. The number of benzene rings is 1. The van der Waals surface area contributed by atoms with Gasteiger partial charge in [0, 0.05) is 6.54 Å². The van der Waals surface area contributed by atoms with Crippen LogP contribution in [0.5, 0.6) is 5.75 Å². The van der Waals surface area contributed by atoms with Gasteiger partial charge in [0.1, 0.15) is 5.75 Å². The van der Waals surface area contributed by atoms with E-state index in [2.05, 4.69) is 5.32 Å². The maximum Gasteiger partial charge on any atom is 0.412 e. The number of hydrogen-bond donors (Lipinski definition) is 2. The van der Waals surface area contributed by atoms with Crippen LogP contribution in [-0.4, -0.2) is 24.4 Å². The fraction of sp³-hybridized carbons (Fsp3) is 0.364. The molecule has 15 heavy (non-hydrogen) atoms. The molecule has 0 aliphatic heterocycles. The first-order valence-electron chi connectivity index (χ1n) is 4.91. The van der Waals surface area contributed by atoms with Gasteiger partial charge in [0.2, 0.25) is 0 Å². The van der Waals surface area contributed by atoms with E-state index in [1.54, 1.807) is 6.07 Å². The van der Waals surface area contributed by atoms with Gasteiger partial charge in [-0.2, -0.15) is 0 Å². The molecule has 1 amide bonds. The van der Waals surface area contributed by atoms with E-state index < -0.39 is 6.09 Å². The predicted molar refractivity (Wildman–Crippen MR) is 56.9 cm³/mol. The zero-order valence-corrected chi connectivity index (χ0v) is 8.69. The van der Waals surface area contributed by atoms with Crippen molar-refractivity contribution in [1.82, 2.24) is 5.32 Å². The van der Waals surface area contributed by atoms with Crippen LogP contribution in [0.1, 0.15) is 12.5 Å². The number of amides is 1. The highest BCUT2D eigenvalue weighted by Gasteiger charge is 2.02. The standard InChI is InChI=1S/C11H15NO3/c1-2-9-4-3-5-10(8-9)15-11(14)12-6-7-13/h3-5,8,13H,2,6-7H2,1H3,(H,12,14). The second-order valence-corrected chi connectivity index (χ2v) is 3.04. The van der Waals surface area contributed by atoms with Crippen molar-refractivity contribution in [3.8, 4) is 5.75 Å². The lowest BCUT2D eigenvalue weighted by Gasteiger charge is -2.06. The van der Waals surface area contributed by atoms with E-state index >= 15 is 0 Å². The summed E-state index contributed by atoms with van der Waals surface area (Å²) in [5, 5.41) is 10.9. The minimum Gasteiger partial charge on any atom is -0.410 e. The SMILES string of the molecule is CCc1cccc(OC(=O)NCCO)c1. The van der Waals surface area contributed by atoms with Crippen LogP contribution in [0.25, 0.3) is 0 Å². The summed E-state index contributed by atoms with van der Waals surface area (Å²) >= 11 is 0. The Morgan fingerprint density at radius 1 is 1.53 bits per heavy atom. The van der Waals surface area contributed by atoms with Crippen molar-refractivity contribution in [2.75, 3.05) is 13.2 Å². The maximum absolute atomic E-state index is 11.1. The van der Waals surface area contributed by atoms with Gasteiger partial charge in [0.25, 0.3) is 0 Å². The highest BCUT2D eigenvalue weighted by molar-refractivity contribution is 5.70. The molecule has 0 fully saturated rings. The molecule has 4 nitrogen and oxygen atoms in total. The van der Waals surface area contributed by atoms with Crippen molar-refractivity contribution >= 4 is 6.09 Å². The van der Waals surface area contributed by atoms with Crippen LogP contribution in [0.3, 0.4) is 0 Å². The van der Waals surface area contributed by atoms with Gasteiger partial charge in [0.15, 0.2) is 0 Å². The summed E-state index contributed by atoms with van der Waals surface area (Å²) in [7, 11) is 0. The van der Waals surface area contributed by atoms with Crippen LogP contribution in [-0.2, 0) is 6.42 Å². The van der Waals surface area contributed by atoms with Crippen LogP contribution in [0.15, 0.2) is 24.3 Å². The van der Waals surface area contributed by atoms with Gasteiger partial charge >= 0.3 is 6.09 Å². The molecule has 0 aliphatic carbocycles. The van der Waals surface area contributed by atoms with E-state index in [1.807, 2.05) is 25.1 Å². The zero-order chi connectivity index (χ0) is 11.1. The fourth-order valence-corrected chi connectivity index (χ4v) is 1.13. The summed E-state index contributed by atoms with van der Waals surface area (Å²) in [6, 6.07) is 7.35. The van der Waals surface area contributed by atoms with Crippen LogP contribution in [0.2, 0.25) is 0 Å². The summed E-state index contributed by atoms with van der Waals surface area (Å²) in [6.45, 7) is 2.14. The lowest BCUT2D eigenvalue weighted by atomic mass is 10.2. The molecule has 4 heteroatoms. The molecule has 0 spiro atoms. The van der Waals surface area contributed by atoms with Crippen LogP contribution in [0, 0.1) is 0 Å². The fourth-order valence-electron chi connectivity index (χ4n) is 1.13. The van der Waals surface area contributed by atoms with Crippen molar-refractivity contribution in [2.45, 2.75) is 13.3 Å². The molecule has 0 atom stereocenters. The summed E-state index contributed by atoms with van der Waals surface area (Å²) in [4.78, 5) is 11.1. The normalized spacial score (nSPS) is 9.73. The first-order valence-corrected chi connectivity index (χ1v) is 4.91. The minimum atomic E-state index is -0.544. The molecular weight excluding hydrogens is 194 g/mol. The number of nitrogens with one attached hydrogen (secondary N) is 1. The molecule has 0 aliphatic rings. The number of hydrogen-bond acceptors (Lipinski definition) is 3. The zero-order valence-electron chi connectivity index (χ0n) is 8.69. The molecule has 0 aromatic heterocycles. The maximum atomic E-state index is 11.1. The van der Waals surface area contributed by atoms with Gasteiger partial charge < -0.3 is 15.2 Å². The second kappa shape index (κ2) is 6.03. The van der Waals surface area contributed by atoms with Crippen LogP contribution in [0.4, 0.5) is 4.79 Å². The molecule has 1 aromatic rings. The Bertz CT molecular complexity index is 325. The Labute approximate surface area is 88.9 Å². The van der Waals surface area contributed by atoms with Gasteiger partial charge in [-0.15, -0.1) is 0 Å². The summed E-state index contributed by atoms with van der Waals surface area (Å²) in [6.07, 6.45) is 0.354. The Morgan fingerprint density at radius 2 is 2.33 bits per heavy atom. The summed E-state index contributed by atoms with van der Waals surface area (Å²) in [5.74, 6) is 0.518. The summed E-state index contributed by atoms with van der Waals surface area (Å²) < 4.78 is 5.00. The Kier molecular flexibility index (Phi) is 4.63. The molecule has 0 radical (unpaired) electrons. The van der Waals surface area contributed by atoms with E-state index in [4.69, 9.17) is 9.84 Å². The Hall–Kier alpha value is -1.55. The van der Waals surface area contributed by atoms with Crippen molar-refractivity contribution in [3.63, 3.8) is 0 Å². The predicted octanol–water partition coefficient (Wildman–Crippen LogP) is 1.33. The van der Waals surface area contributed by atoms with Gasteiger partial charge in [-0.25, -0.2) is 4.79 Å². The van der Waals surface area contributed by atoms with E-state index in [9.17, 15) is 4.79 Å². The number of carbonyl (C=O) groups is 1. The molecule has 82 valence electrons. The van der Waals surface area contributed by atoms with Gasteiger partial charge in [-0.05, 0) is 24.1 Å². The first kappa shape index (κ1) is 11.5. The molecule has 0 saturated carbocycles. The molecule has 1 aromatic carbocycles. The smallest absolute Gasteiger partial charge is 0.410 e. The van der Waals surface area contributed by atoms with Crippen molar-refractivity contribution in [1.29, 1.82) is 0 Å². The average Bonchev–Trinajstić information content (AvgIpc) is 2.26. The molecule has 1 rings (SSSR count). The van der Waals surface area contributed by atoms with Crippen LogP contribution < -0.4 is 10.1 Å². The van der Waals surface area contributed by atoms with E-state index in [0.29, 0.717) is 5.75 Å². The number of carbonyl (C=O) groups excluding carboxylic acids is 1. The number of aliphatic hydroxyl groups excluding tert-OH is 1. The third-order valence-electron chi connectivity index (χ3n) is 1.90. The summed E-state index contributed by atoms with van der Waals surface area (Å²) in [5.41, 5.74) is 1.11. The Balaban J connectivity index is 2.52. The monoisotopic (exact) mass is 209 g/mol. The number of rotatable bonds is 4. The van der Waals surface area contributed by atoms with Crippen molar-refractivity contribution in [2.24, 2.45) is 0 Å². The van der Waals surface area contributed by atoms with Gasteiger partial charge in [-0.3, -0.25) is 0 Å². The van der Waals surface area contributed by atoms with Gasteiger partial charge in [0.05, 0.1) is 6.61 Å². The van der Waals surface area contributed by atoms with Gasteiger partial charge in [-0.1, -0.05) is 19.1 Å². The van der Waals surface area contributed by atoms with Crippen molar-refractivity contribution in [3.05, 3.63) is 29.8 Å². The van der Waals surface area contributed by atoms with E-state index in [-0.39, 0.29) is 13.2 Å². The van der Waals surface area contributed by atoms with Crippen molar-refractivity contribution < 1.29 is 14.6 Å². The molecule has 2 N–H and O–H groups in total. The lowest BCUT2D eigenvalue weighted by molar-refractivity contribution is 0.195. The molecule has 0 unspecified atom stereocenters. The third kappa shape index (κ3) is 3.99. The second-order valence-electron chi connectivity index (χ2n) is 3.04. The number of aryl methyl sites for hydroxylation is 1. The first-order chi connectivity index (χ1) is 7.26. The topological polar surface area (TPSA) is 58.6 Å². The van der Waals surface area contributed by atoms with E-state index in [0.717, 1.165) is 12.0 Å². The average molecular weight is 209 g/mol. The molecule has 0 bridgehead atoms. The van der Waals surface area contributed by atoms with E-state index in [1.165, 1.54) is 0 Å². The minimum absolute atomic E-state index is 0.0932. The van der Waals surface area contributed by atoms with Crippen LogP contribution >= 0.6 is 0 Å². The lowest BCUT2D eigenvalue weighted by Crippen LogP contribution is -2.29. The quantitative estimate of drug-likeness (QED) is 0.786. The third-order valence-corrected chi connectivity index (χ3v) is 1.90.